The second-order valence-corrected chi connectivity index (χ2v) is 7.92. The summed E-state index contributed by atoms with van der Waals surface area (Å²) in [6, 6.07) is 12.2. The van der Waals surface area contributed by atoms with Crippen molar-refractivity contribution in [2.24, 2.45) is 0 Å². The van der Waals surface area contributed by atoms with Gasteiger partial charge in [-0.05, 0) is 36.8 Å². The molecule has 0 radical (unpaired) electrons. The number of thiazole rings is 1. The number of rotatable bonds is 5. The zero-order valence-electron chi connectivity index (χ0n) is 13.6. The number of carbonyl (C=O) groups excluding carboxylic acids is 1. The molecule has 0 unspecified atom stereocenters. The van der Waals surface area contributed by atoms with Crippen molar-refractivity contribution >= 4 is 38.1 Å². The van der Waals surface area contributed by atoms with Crippen LogP contribution in [0.4, 0.5) is 15.2 Å². The van der Waals surface area contributed by atoms with Crippen LogP contribution in [0.15, 0.2) is 58.8 Å². The van der Waals surface area contributed by atoms with Crippen LogP contribution in [-0.4, -0.2) is 19.3 Å². The third kappa shape index (κ3) is 4.06. The zero-order valence-corrected chi connectivity index (χ0v) is 15.2. The molecule has 0 saturated carbocycles. The molecule has 1 heterocycles. The number of nitrogens with zero attached hydrogens (tertiary/aromatic N) is 1. The van der Waals surface area contributed by atoms with E-state index >= 15 is 0 Å². The lowest BCUT2D eigenvalue weighted by molar-refractivity contribution is 0.102. The molecule has 2 aromatic carbocycles. The highest BCUT2D eigenvalue weighted by atomic mass is 32.2. The summed E-state index contributed by atoms with van der Waals surface area (Å²) in [6.07, 6.45) is 0. The van der Waals surface area contributed by atoms with E-state index in [9.17, 15) is 17.6 Å². The Labute approximate surface area is 153 Å². The Morgan fingerprint density at radius 3 is 2.58 bits per heavy atom. The van der Waals surface area contributed by atoms with Crippen molar-refractivity contribution < 1.29 is 17.6 Å². The maximum atomic E-state index is 13.5. The van der Waals surface area contributed by atoms with Gasteiger partial charge in [-0.15, -0.1) is 11.3 Å². The Bertz CT molecular complexity index is 1050. The molecule has 0 aliphatic heterocycles. The molecule has 0 spiro atoms. The fourth-order valence-corrected chi connectivity index (χ4v) is 4.03. The third-order valence-electron chi connectivity index (χ3n) is 3.44. The number of anilines is 2. The molecule has 6 nitrogen and oxygen atoms in total. The zero-order chi connectivity index (χ0) is 18.7. The number of sulfonamides is 1. The van der Waals surface area contributed by atoms with Gasteiger partial charge in [0.25, 0.3) is 15.9 Å². The van der Waals surface area contributed by atoms with E-state index in [1.165, 1.54) is 23.6 Å². The molecule has 134 valence electrons. The first-order valence-electron chi connectivity index (χ1n) is 7.46. The van der Waals surface area contributed by atoms with Crippen LogP contribution in [0.25, 0.3) is 0 Å². The molecular weight excluding hydrogens is 377 g/mol. The normalized spacial score (nSPS) is 11.2. The molecule has 0 aliphatic rings. The SMILES string of the molecule is Cc1ccc(NC(=O)c2csc(NS(=O)(=O)c3ccccc3)n2)cc1F. The van der Waals surface area contributed by atoms with E-state index in [1.54, 1.807) is 37.3 Å². The van der Waals surface area contributed by atoms with Gasteiger partial charge in [-0.25, -0.2) is 17.8 Å². The average Bonchev–Trinajstić information content (AvgIpc) is 3.07. The van der Waals surface area contributed by atoms with Gasteiger partial charge in [0.1, 0.15) is 11.5 Å². The number of carbonyl (C=O) groups is 1. The van der Waals surface area contributed by atoms with Gasteiger partial charge >= 0.3 is 0 Å². The van der Waals surface area contributed by atoms with Crippen LogP contribution in [0.3, 0.4) is 0 Å². The van der Waals surface area contributed by atoms with Gasteiger partial charge in [0.15, 0.2) is 5.13 Å². The predicted molar refractivity (Wildman–Crippen MR) is 98.5 cm³/mol. The van der Waals surface area contributed by atoms with Crippen molar-refractivity contribution in [3.63, 3.8) is 0 Å². The number of benzene rings is 2. The lowest BCUT2D eigenvalue weighted by atomic mass is 10.2. The second-order valence-electron chi connectivity index (χ2n) is 5.37. The summed E-state index contributed by atoms with van der Waals surface area (Å²) in [6.45, 7) is 1.62. The summed E-state index contributed by atoms with van der Waals surface area (Å²) >= 11 is 0.979. The maximum Gasteiger partial charge on any atom is 0.275 e. The van der Waals surface area contributed by atoms with Crippen molar-refractivity contribution in [1.29, 1.82) is 0 Å². The molecule has 9 heteroatoms. The highest BCUT2D eigenvalue weighted by Gasteiger charge is 2.17. The van der Waals surface area contributed by atoms with Gasteiger partial charge in [-0.1, -0.05) is 24.3 Å². The van der Waals surface area contributed by atoms with E-state index in [1.807, 2.05) is 0 Å². The lowest BCUT2D eigenvalue weighted by Gasteiger charge is -2.05. The number of aryl methyl sites for hydroxylation is 1. The molecule has 3 aromatic rings. The fourth-order valence-electron chi connectivity index (χ4n) is 2.06. The van der Waals surface area contributed by atoms with Crippen LogP contribution in [0, 0.1) is 12.7 Å². The molecule has 0 bridgehead atoms. The van der Waals surface area contributed by atoms with Crippen LogP contribution < -0.4 is 10.0 Å². The van der Waals surface area contributed by atoms with E-state index in [-0.39, 0.29) is 21.4 Å². The van der Waals surface area contributed by atoms with E-state index in [4.69, 9.17) is 0 Å². The smallest absolute Gasteiger partial charge is 0.275 e. The predicted octanol–water partition coefficient (Wildman–Crippen LogP) is 3.64. The summed E-state index contributed by atoms with van der Waals surface area (Å²) in [5.74, 6) is -0.993. The van der Waals surface area contributed by atoms with E-state index in [0.717, 1.165) is 11.3 Å². The Kier molecular flexibility index (Phi) is 5.01. The standard InChI is InChI=1S/C17H14FN3O3S2/c1-11-7-8-12(9-14(11)18)19-16(22)15-10-25-17(20-15)21-26(23,24)13-5-3-2-4-6-13/h2-10H,1H3,(H,19,22)(H,20,21). The Morgan fingerprint density at radius 2 is 1.88 bits per heavy atom. The van der Waals surface area contributed by atoms with E-state index < -0.39 is 21.7 Å². The number of nitrogens with one attached hydrogen (secondary N) is 2. The minimum absolute atomic E-state index is 0.0294. The molecule has 26 heavy (non-hydrogen) atoms. The summed E-state index contributed by atoms with van der Waals surface area (Å²) in [5, 5.41) is 4.01. The van der Waals surface area contributed by atoms with Gasteiger partial charge < -0.3 is 5.32 Å². The Balaban J connectivity index is 1.73. The van der Waals surface area contributed by atoms with Gasteiger partial charge in [0.05, 0.1) is 4.90 Å². The molecule has 0 atom stereocenters. The van der Waals surface area contributed by atoms with Gasteiger partial charge in [-0.3, -0.25) is 9.52 Å². The van der Waals surface area contributed by atoms with Crippen molar-refractivity contribution in [1.82, 2.24) is 4.98 Å². The number of amides is 1. The molecule has 0 fully saturated rings. The summed E-state index contributed by atoms with van der Waals surface area (Å²) in [5.41, 5.74) is 0.786. The Hall–Kier alpha value is -2.78. The maximum absolute atomic E-state index is 13.5. The van der Waals surface area contributed by atoms with Crippen LogP contribution >= 0.6 is 11.3 Å². The van der Waals surface area contributed by atoms with Crippen molar-refractivity contribution in [2.75, 3.05) is 10.0 Å². The van der Waals surface area contributed by atoms with Crippen molar-refractivity contribution in [3.8, 4) is 0 Å². The number of aromatic nitrogens is 1. The van der Waals surface area contributed by atoms with Crippen molar-refractivity contribution in [3.05, 3.63) is 71.0 Å². The van der Waals surface area contributed by atoms with Crippen LogP contribution in [-0.2, 0) is 10.0 Å². The molecule has 0 saturated heterocycles. The highest BCUT2D eigenvalue weighted by Crippen LogP contribution is 2.21. The quantitative estimate of drug-likeness (QED) is 0.695. The monoisotopic (exact) mass is 391 g/mol. The minimum Gasteiger partial charge on any atom is -0.321 e. The topological polar surface area (TPSA) is 88.2 Å². The summed E-state index contributed by atoms with van der Waals surface area (Å²) < 4.78 is 40.4. The first-order chi connectivity index (χ1) is 12.3. The van der Waals surface area contributed by atoms with Gasteiger partial charge in [0, 0.05) is 11.1 Å². The molecule has 2 N–H and O–H groups in total. The molecule has 1 aromatic heterocycles. The summed E-state index contributed by atoms with van der Waals surface area (Å²) in [7, 11) is -3.78. The number of hydrogen-bond acceptors (Lipinski definition) is 5. The Morgan fingerprint density at radius 1 is 1.15 bits per heavy atom. The van der Waals surface area contributed by atoms with E-state index in [2.05, 4.69) is 15.0 Å². The lowest BCUT2D eigenvalue weighted by Crippen LogP contribution is -2.14. The highest BCUT2D eigenvalue weighted by molar-refractivity contribution is 7.93. The second kappa shape index (κ2) is 7.22. The summed E-state index contributed by atoms with van der Waals surface area (Å²) in [4.78, 5) is 16.3. The number of hydrogen-bond donors (Lipinski definition) is 2. The van der Waals surface area contributed by atoms with Crippen LogP contribution in [0.5, 0.6) is 0 Å². The minimum atomic E-state index is -3.78. The molecular formula is C17H14FN3O3S2. The number of halogens is 1. The van der Waals surface area contributed by atoms with Crippen LogP contribution in [0.2, 0.25) is 0 Å². The van der Waals surface area contributed by atoms with Crippen molar-refractivity contribution in [2.45, 2.75) is 11.8 Å². The molecule has 0 aliphatic carbocycles. The largest absolute Gasteiger partial charge is 0.321 e. The van der Waals surface area contributed by atoms with E-state index in [0.29, 0.717) is 5.56 Å². The fraction of sp³-hybridized carbons (Fsp3) is 0.0588. The molecule has 1 amide bonds. The van der Waals surface area contributed by atoms with Gasteiger partial charge in [-0.2, -0.15) is 0 Å². The van der Waals surface area contributed by atoms with Crippen LogP contribution in [0.1, 0.15) is 16.1 Å². The third-order valence-corrected chi connectivity index (χ3v) is 5.68. The first-order valence-corrected chi connectivity index (χ1v) is 9.82. The van der Waals surface area contributed by atoms with Gasteiger partial charge in [0.2, 0.25) is 0 Å². The first kappa shape index (κ1) is 18.0. The average molecular weight is 391 g/mol. The molecule has 3 rings (SSSR count).